The summed E-state index contributed by atoms with van der Waals surface area (Å²) in [6.07, 6.45) is 1.92. The molecule has 1 amide bonds. The molecule has 0 N–H and O–H groups in total. The average Bonchev–Trinajstić information content (AvgIpc) is 2.33. The third-order valence-electron chi connectivity index (χ3n) is 3.00. The van der Waals surface area contributed by atoms with E-state index >= 15 is 0 Å². The molecule has 1 saturated heterocycles. The SMILES string of the molecule is COc1ccc(C)cc1N1CCCC(Br)C1=O. The molecule has 1 heterocycles. The lowest BCUT2D eigenvalue weighted by Gasteiger charge is -2.31. The molecular weight excluding hydrogens is 282 g/mol. The number of aryl methyl sites for hydroxylation is 1. The molecule has 0 aliphatic carbocycles. The van der Waals surface area contributed by atoms with E-state index in [0.29, 0.717) is 0 Å². The number of hydrogen-bond donors (Lipinski definition) is 0. The summed E-state index contributed by atoms with van der Waals surface area (Å²) in [6.45, 7) is 2.78. The fourth-order valence-corrected chi connectivity index (χ4v) is 2.65. The lowest BCUT2D eigenvalue weighted by molar-refractivity contribution is -0.118. The molecular formula is C13H16BrNO2. The summed E-state index contributed by atoms with van der Waals surface area (Å²) in [5.41, 5.74) is 2.01. The Balaban J connectivity index is 2.38. The molecule has 1 aliphatic rings. The van der Waals surface area contributed by atoms with Gasteiger partial charge in [-0.15, -0.1) is 0 Å². The van der Waals surface area contributed by atoms with Crippen molar-refractivity contribution >= 4 is 27.5 Å². The van der Waals surface area contributed by atoms with E-state index < -0.39 is 0 Å². The summed E-state index contributed by atoms with van der Waals surface area (Å²) in [4.78, 5) is 13.9. The molecule has 1 unspecified atom stereocenters. The Morgan fingerprint density at radius 2 is 2.24 bits per heavy atom. The van der Waals surface area contributed by atoms with Crippen LogP contribution in [-0.4, -0.2) is 24.4 Å². The molecule has 0 spiro atoms. The number of methoxy groups -OCH3 is 1. The van der Waals surface area contributed by atoms with Crippen molar-refractivity contribution in [2.24, 2.45) is 0 Å². The third-order valence-corrected chi connectivity index (χ3v) is 3.85. The molecule has 92 valence electrons. The fraction of sp³-hybridized carbons (Fsp3) is 0.462. The quantitative estimate of drug-likeness (QED) is 0.786. The van der Waals surface area contributed by atoms with Crippen LogP contribution in [0.2, 0.25) is 0 Å². The van der Waals surface area contributed by atoms with E-state index in [1.165, 1.54) is 0 Å². The van der Waals surface area contributed by atoms with Gasteiger partial charge in [-0.1, -0.05) is 22.0 Å². The molecule has 1 fully saturated rings. The maximum absolute atomic E-state index is 12.1. The topological polar surface area (TPSA) is 29.5 Å². The van der Waals surface area contributed by atoms with Crippen molar-refractivity contribution in [2.75, 3.05) is 18.6 Å². The van der Waals surface area contributed by atoms with Crippen LogP contribution in [0.3, 0.4) is 0 Å². The van der Waals surface area contributed by atoms with Gasteiger partial charge in [0.25, 0.3) is 0 Å². The Morgan fingerprint density at radius 3 is 2.94 bits per heavy atom. The van der Waals surface area contributed by atoms with Gasteiger partial charge in [-0.3, -0.25) is 4.79 Å². The average molecular weight is 298 g/mol. The highest BCUT2D eigenvalue weighted by Crippen LogP contribution is 2.33. The van der Waals surface area contributed by atoms with E-state index in [1.807, 2.05) is 30.0 Å². The molecule has 1 aliphatic heterocycles. The van der Waals surface area contributed by atoms with E-state index in [-0.39, 0.29) is 10.7 Å². The van der Waals surface area contributed by atoms with E-state index in [2.05, 4.69) is 15.9 Å². The Bertz CT molecular complexity index is 433. The van der Waals surface area contributed by atoms with Crippen molar-refractivity contribution in [3.05, 3.63) is 23.8 Å². The number of carbonyl (C=O) groups excluding carboxylic acids is 1. The van der Waals surface area contributed by atoms with Crippen LogP contribution in [0.4, 0.5) is 5.69 Å². The van der Waals surface area contributed by atoms with Crippen molar-refractivity contribution in [3.63, 3.8) is 0 Å². The number of anilines is 1. The minimum atomic E-state index is -0.0681. The molecule has 1 aromatic rings. The third kappa shape index (κ3) is 2.46. The number of hydrogen-bond acceptors (Lipinski definition) is 2. The van der Waals surface area contributed by atoms with Crippen molar-refractivity contribution in [1.82, 2.24) is 0 Å². The maximum Gasteiger partial charge on any atom is 0.240 e. The molecule has 0 bridgehead atoms. The van der Waals surface area contributed by atoms with Crippen LogP contribution in [0.5, 0.6) is 5.75 Å². The second kappa shape index (κ2) is 5.08. The van der Waals surface area contributed by atoms with Gasteiger partial charge >= 0.3 is 0 Å². The zero-order valence-corrected chi connectivity index (χ0v) is 11.7. The smallest absolute Gasteiger partial charge is 0.240 e. The molecule has 0 radical (unpaired) electrons. The minimum Gasteiger partial charge on any atom is -0.495 e. The maximum atomic E-state index is 12.1. The number of nitrogens with zero attached hydrogens (tertiary/aromatic N) is 1. The molecule has 0 saturated carbocycles. The second-order valence-electron chi connectivity index (χ2n) is 4.27. The summed E-state index contributed by atoms with van der Waals surface area (Å²) >= 11 is 3.42. The van der Waals surface area contributed by atoms with Gasteiger partial charge in [-0.25, -0.2) is 0 Å². The molecule has 4 heteroatoms. The van der Waals surface area contributed by atoms with Gasteiger partial charge in [0.05, 0.1) is 17.6 Å². The number of benzene rings is 1. The lowest BCUT2D eigenvalue weighted by Crippen LogP contribution is -2.42. The summed E-state index contributed by atoms with van der Waals surface area (Å²) in [5.74, 6) is 0.880. The van der Waals surface area contributed by atoms with Crippen LogP contribution in [0.1, 0.15) is 18.4 Å². The van der Waals surface area contributed by atoms with E-state index in [9.17, 15) is 4.79 Å². The van der Waals surface area contributed by atoms with Gasteiger partial charge in [-0.2, -0.15) is 0 Å². The lowest BCUT2D eigenvalue weighted by atomic mass is 10.1. The first-order chi connectivity index (χ1) is 8.13. The van der Waals surface area contributed by atoms with Crippen molar-refractivity contribution in [1.29, 1.82) is 0 Å². The highest BCUT2D eigenvalue weighted by molar-refractivity contribution is 9.10. The van der Waals surface area contributed by atoms with E-state index in [1.54, 1.807) is 7.11 Å². The van der Waals surface area contributed by atoms with Crippen molar-refractivity contribution in [3.8, 4) is 5.75 Å². The van der Waals surface area contributed by atoms with Gasteiger partial charge in [0.2, 0.25) is 5.91 Å². The highest BCUT2D eigenvalue weighted by atomic mass is 79.9. The molecule has 1 atom stereocenters. The second-order valence-corrected chi connectivity index (χ2v) is 5.38. The van der Waals surface area contributed by atoms with Crippen LogP contribution in [-0.2, 0) is 4.79 Å². The summed E-state index contributed by atoms with van der Waals surface area (Å²) in [6, 6.07) is 5.90. The van der Waals surface area contributed by atoms with E-state index in [4.69, 9.17) is 4.74 Å². The number of piperidine rings is 1. The minimum absolute atomic E-state index is 0.0681. The standard InChI is InChI=1S/C13H16BrNO2/c1-9-5-6-12(17-2)11(8-9)15-7-3-4-10(14)13(15)16/h5-6,8,10H,3-4,7H2,1-2H3. The summed E-state index contributed by atoms with van der Waals surface area (Å²) in [5, 5.41) is 0. The predicted molar refractivity (Wildman–Crippen MR) is 72.0 cm³/mol. The number of halogens is 1. The number of carbonyl (C=O) groups is 1. The summed E-state index contributed by atoms with van der Waals surface area (Å²) in [7, 11) is 1.63. The largest absolute Gasteiger partial charge is 0.495 e. The predicted octanol–water partition coefficient (Wildman–Crippen LogP) is 2.89. The Kier molecular flexibility index (Phi) is 3.72. The first-order valence-corrected chi connectivity index (χ1v) is 6.65. The van der Waals surface area contributed by atoms with Gasteiger partial charge < -0.3 is 9.64 Å². The first kappa shape index (κ1) is 12.4. The van der Waals surface area contributed by atoms with Crippen LogP contribution in [0.25, 0.3) is 0 Å². The Hall–Kier alpha value is -1.03. The van der Waals surface area contributed by atoms with Crippen LogP contribution in [0.15, 0.2) is 18.2 Å². The molecule has 0 aromatic heterocycles. The molecule has 2 rings (SSSR count). The van der Waals surface area contributed by atoms with Crippen LogP contribution in [0, 0.1) is 6.92 Å². The number of amides is 1. The highest BCUT2D eigenvalue weighted by Gasteiger charge is 2.29. The van der Waals surface area contributed by atoms with Crippen molar-refractivity contribution in [2.45, 2.75) is 24.6 Å². The Morgan fingerprint density at radius 1 is 1.47 bits per heavy atom. The molecule has 3 nitrogen and oxygen atoms in total. The zero-order chi connectivity index (χ0) is 12.4. The van der Waals surface area contributed by atoms with Crippen LogP contribution >= 0.6 is 15.9 Å². The van der Waals surface area contributed by atoms with Gasteiger partial charge in [-0.05, 0) is 37.5 Å². The monoisotopic (exact) mass is 297 g/mol. The van der Waals surface area contributed by atoms with Crippen LogP contribution < -0.4 is 9.64 Å². The Labute approximate surface area is 110 Å². The molecule has 17 heavy (non-hydrogen) atoms. The number of ether oxygens (including phenoxy) is 1. The number of alkyl halides is 1. The normalized spacial score (nSPS) is 20.5. The number of rotatable bonds is 2. The van der Waals surface area contributed by atoms with Gasteiger partial charge in [0, 0.05) is 6.54 Å². The zero-order valence-electron chi connectivity index (χ0n) is 10.1. The van der Waals surface area contributed by atoms with Crippen molar-refractivity contribution < 1.29 is 9.53 Å². The summed E-state index contributed by atoms with van der Waals surface area (Å²) < 4.78 is 5.33. The molecule has 1 aromatic carbocycles. The van der Waals surface area contributed by atoms with Gasteiger partial charge in [0.15, 0.2) is 0 Å². The first-order valence-electron chi connectivity index (χ1n) is 5.73. The van der Waals surface area contributed by atoms with E-state index in [0.717, 1.165) is 36.4 Å². The fourth-order valence-electron chi connectivity index (χ4n) is 2.08. The van der Waals surface area contributed by atoms with Gasteiger partial charge in [0.1, 0.15) is 5.75 Å².